The minimum Gasteiger partial charge on any atom is -0.288 e. The van der Waals surface area contributed by atoms with Gasteiger partial charge in [0, 0.05) is 12.6 Å². The molecule has 0 aliphatic heterocycles. The minimum absolute atomic E-state index is 0.968. The van der Waals surface area contributed by atoms with Crippen molar-refractivity contribution < 1.29 is 0 Å². The Bertz CT molecular complexity index is 328. The Kier molecular flexibility index (Phi) is 3.02. The second-order valence-corrected chi connectivity index (χ2v) is 3.08. The summed E-state index contributed by atoms with van der Waals surface area (Å²) in [5, 5.41) is 0. The van der Waals surface area contributed by atoms with Gasteiger partial charge in [-0.15, -0.1) is 0 Å². The van der Waals surface area contributed by atoms with Gasteiger partial charge in [0.05, 0.1) is 5.71 Å². The molecule has 0 bridgehead atoms. The fourth-order valence-electron chi connectivity index (χ4n) is 1.52. The molecule has 0 aromatic heterocycles. The molecule has 1 aromatic carbocycles. The smallest absolute Gasteiger partial charge is 0.0642 e. The average Bonchev–Trinajstić information content (AvgIpc) is 2.11. The molecule has 0 fully saturated rings. The molecular formula is C12H15N. The van der Waals surface area contributed by atoms with Crippen LogP contribution in [0.3, 0.4) is 0 Å². The number of hydrogen-bond donors (Lipinski definition) is 0. The fourth-order valence-corrected chi connectivity index (χ4v) is 1.52. The lowest BCUT2D eigenvalue weighted by atomic mass is 9.98. The highest BCUT2D eigenvalue weighted by Crippen LogP contribution is 2.14. The SMILES string of the molecule is C=CC(=NC)c1c(C)cccc1C. The molecule has 0 aliphatic rings. The Morgan fingerprint density at radius 3 is 2.23 bits per heavy atom. The van der Waals surface area contributed by atoms with Gasteiger partial charge in [-0.05, 0) is 31.1 Å². The second-order valence-electron chi connectivity index (χ2n) is 3.08. The summed E-state index contributed by atoms with van der Waals surface area (Å²) in [7, 11) is 1.79. The van der Waals surface area contributed by atoms with Gasteiger partial charge < -0.3 is 0 Å². The molecule has 0 heterocycles. The van der Waals surface area contributed by atoms with Crippen LogP contribution in [0.5, 0.6) is 0 Å². The number of rotatable bonds is 2. The van der Waals surface area contributed by atoms with Crippen LogP contribution in [-0.4, -0.2) is 12.8 Å². The van der Waals surface area contributed by atoms with Crippen LogP contribution < -0.4 is 0 Å². The van der Waals surface area contributed by atoms with Crippen LogP contribution in [0.4, 0.5) is 0 Å². The zero-order chi connectivity index (χ0) is 9.84. The zero-order valence-corrected chi connectivity index (χ0v) is 8.46. The minimum atomic E-state index is 0.968. The maximum atomic E-state index is 4.20. The van der Waals surface area contributed by atoms with Crippen molar-refractivity contribution in [3.05, 3.63) is 47.5 Å². The molecule has 68 valence electrons. The van der Waals surface area contributed by atoms with Gasteiger partial charge in [-0.2, -0.15) is 0 Å². The molecule has 0 spiro atoms. The number of nitrogens with zero attached hydrogens (tertiary/aromatic N) is 1. The second kappa shape index (κ2) is 4.04. The van der Waals surface area contributed by atoms with Crippen molar-refractivity contribution in [2.45, 2.75) is 13.8 Å². The summed E-state index contributed by atoms with van der Waals surface area (Å²) >= 11 is 0. The summed E-state index contributed by atoms with van der Waals surface area (Å²) < 4.78 is 0. The molecule has 0 N–H and O–H groups in total. The van der Waals surface area contributed by atoms with Crippen molar-refractivity contribution in [2.24, 2.45) is 4.99 Å². The van der Waals surface area contributed by atoms with Gasteiger partial charge in [-0.3, -0.25) is 4.99 Å². The van der Waals surface area contributed by atoms with Crippen molar-refractivity contribution in [3.8, 4) is 0 Å². The van der Waals surface area contributed by atoms with E-state index < -0.39 is 0 Å². The summed E-state index contributed by atoms with van der Waals surface area (Å²) in [6.45, 7) is 7.95. The maximum Gasteiger partial charge on any atom is 0.0642 e. The summed E-state index contributed by atoms with van der Waals surface area (Å²) in [6.07, 6.45) is 1.80. The first kappa shape index (κ1) is 9.72. The molecule has 1 aromatic rings. The molecule has 1 heteroatoms. The van der Waals surface area contributed by atoms with Gasteiger partial charge in [0.15, 0.2) is 0 Å². The third kappa shape index (κ3) is 1.86. The predicted molar refractivity (Wildman–Crippen MR) is 58.6 cm³/mol. The fraction of sp³-hybridized carbons (Fsp3) is 0.250. The van der Waals surface area contributed by atoms with Crippen LogP contribution in [0, 0.1) is 13.8 Å². The highest BCUT2D eigenvalue weighted by molar-refractivity contribution is 6.10. The van der Waals surface area contributed by atoms with Gasteiger partial charge in [0.25, 0.3) is 0 Å². The van der Waals surface area contributed by atoms with E-state index in [0.717, 1.165) is 5.71 Å². The monoisotopic (exact) mass is 173 g/mol. The zero-order valence-electron chi connectivity index (χ0n) is 8.46. The van der Waals surface area contributed by atoms with Crippen molar-refractivity contribution in [1.29, 1.82) is 0 Å². The van der Waals surface area contributed by atoms with Crippen LogP contribution in [0.1, 0.15) is 16.7 Å². The van der Waals surface area contributed by atoms with Gasteiger partial charge in [-0.25, -0.2) is 0 Å². The maximum absolute atomic E-state index is 4.20. The summed E-state index contributed by atoms with van der Waals surface area (Å²) in [5.41, 5.74) is 4.68. The van der Waals surface area contributed by atoms with E-state index in [4.69, 9.17) is 0 Å². The number of hydrogen-bond acceptors (Lipinski definition) is 1. The molecule has 0 unspecified atom stereocenters. The predicted octanol–water partition coefficient (Wildman–Crippen LogP) is 2.91. The molecule has 0 radical (unpaired) electrons. The lowest BCUT2D eigenvalue weighted by molar-refractivity contribution is 1.33. The first-order valence-corrected chi connectivity index (χ1v) is 4.36. The van der Waals surface area contributed by atoms with Gasteiger partial charge in [0.1, 0.15) is 0 Å². The van der Waals surface area contributed by atoms with Crippen molar-refractivity contribution in [1.82, 2.24) is 0 Å². The van der Waals surface area contributed by atoms with E-state index in [0.29, 0.717) is 0 Å². The summed E-state index contributed by atoms with van der Waals surface area (Å²) in [5.74, 6) is 0. The highest BCUT2D eigenvalue weighted by atomic mass is 14.7. The Morgan fingerprint density at radius 1 is 1.31 bits per heavy atom. The number of aliphatic imine (C=N–C) groups is 1. The number of allylic oxidation sites excluding steroid dienone is 1. The van der Waals surface area contributed by atoms with Crippen molar-refractivity contribution >= 4 is 5.71 Å². The topological polar surface area (TPSA) is 12.4 Å². The Morgan fingerprint density at radius 2 is 1.85 bits per heavy atom. The molecule has 1 nitrogen and oxygen atoms in total. The molecule has 0 atom stereocenters. The molecule has 0 aliphatic carbocycles. The lowest BCUT2D eigenvalue weighted by Gasteiger charge is -2.08. The summed E-state index contributed by atoms with van der Waals surface area (Å²) in [4.78, 5) is 4.20. The largest absolute Gasteiger partial charge is 0.288 e. The van der Waals surface area contributed by atoms with E-state index in [1.165, 1.54) is 16.7 Å². The van der Waals surface area contributed by atoms with E-state index in [9.17, 15) is 0 Å². The molecular weight excluding hydrogens is 158 g/mol. The van der Waals surface area contributed by atoms with Crippen LogP contribution in [0.15, 0.2) is 35.8 Å². The normalized spacial score (nSPS) is 11.5. The number of aryl methyl sites for hydroxylation is 2. The third-order valence-electron chi connectivity index (χ3n) is 2.17. The molecule has 0 saturated carbocycles. The Balaban J connectivity index is 3.35. The number of benzene rings is 1. The molecule has 0 amide bonds. The van der Waals surface area contributed by atoms with Gasteiger partial charge in [-0.1, -0.05) is 24.8 Å². The van der Waals surface area contributed by atoms with Crippen LogP contribution in [0.25, 0.3) is 0 Å². The van der Waals surface area contributed by atoms with Gasteiger partial charge >= 0.3 is 0 Å². The van der Waals surface area contributed by atoms with Crippen molar-refractivity contribution in [2.75, 3.05) is 7.05 Å². The van der Waals surface area contributed by atoms with Crippen LogP contribution in [-0.2, 0) is 0 Å². The lowest BCUT2D eigenvalue weighted by Crippen LogP contribution is -2.02. The van der Waals surface area contributed by atoms with E-state index in [1.807, 2.05) is 0 Å². The highest BCUT2D eigenvalue weighted by Gasteiger charge is 2.04. The van der Waals surface area contributed by atoms with E-state index in [1.54, 1.807) is 13.1 Å². The standard InChI is InChI=1S/C12H15N/c1-5-11(13-4)12-9(2)7-6-8-10(12)3/h5-8H,1H2,2-4H3. The summed E-state index contributed by atoms with van der Waals surface area (Å²) in [6, 6.07) is 6.25. The van der Waals surface area contributed by atoms with Crippen LogP contribution in [0.2, 0.25) is 0 Å². The Labute approximate surface area is 79.8 Å². The quantitative estimate of drug-likeness (QED) is 0.610. The van der Waals surface area contributed by atoms with Gasteiger partial charge in [0.2, 0.25) is 0 Å². The Hall–Kier alpha value is -1.37. The molecule has 1 rings (SSSR count). The van der Waals surface area contributed by atoms with Crippen LogP contribution >= 0.6 is 0 Å². The molecule has 0 saturated heterocycles. The third-order valence-corrected chi connectivity index (χ3v) is 2.17. The molecule has 13 heavy (non-hydrogen) atoms. The van der Waals surface area contributed by atoms with E-state index >= 15 is 0 Å². The first-order valence-electron chi connectivity index (χ1n) is 4.36. The van der Waals surface area contributed by atoms with Crippen molar-refractivity contribution in [3.63, 3.8) is 0 Å². The average molecular weight is 173 g/mol. The first-order chi connectivity index (χ1) is 6.20. The van der Waals surface area contributed by atoms with E-state index in [2.05, 4.69) is 43.6 Å². The van der Waals surface area contributed by atoms with E-state index in [-0.39, 0.29) is 0 Å².